The van der Waals surface area contributed by atoms with Crippen LogP contribution in [0.4, 0.5) is 52.7 Å². The van der Waals surface area contributed by atoms with Gasteiger partial charge < -0.3 is 19.9 Å². The van der Waals surface area contributed by atoms with Gasteiger partial charge in [-0.3, -0.25) is 0 Å². The number of aromatic nitrogens is 8. The highest BCUT2D eigenvalue weighted by molar-refractivity contribution is 5.99. The molecule has 20 heteroatoms. The molecule has 10 aromatic rings. The predicted octanol–water partition coefficient (Wildman–Crippen LogP) is 19.8. The Morgan fingerprint density at radius 3 is 0.778 bits per heavy atom. The quantitative estimate of drug-likeness (QED) is 0.104. The summed E-state index contributed by atoms with van der Waals surface area (Å²) in [5, 5.41) is 0. The Balaban J connectivity index is 1.15. The van der Waals surface area contributed by atoms with Crippen LogP contribution in [0.5, 0.6) is 0 Å². The number of fused-ring (bicyclic) bond motifs is 16. The lowest BCUT2D eigenvalue weighted by Crippen LogP contribution is -2.09. The SMILES string of the molecule is FC(F)(F)c1c2nc(c(-c3ccccc3)c3cc(C#Cc4cc5[nH]c4c(C(F)(F)F)c4nc(c(-c6ccccc6)c6ccc([nH]6)c(C(F)(F)F)c6nc(c5-c5ccccc5)C=C6)C=C4)c([nH]3)c(C(F)(F)F)c3nc(c(-c4ccccc4)c4ccc1[nH]4)C=C3)C=C2. The fraction of sp³-hybridized carbons (Fsp3) is 0.0571. The van der Waals surface area contributed by atoms with Crippen molar-refractivity contribution in [2.24, 2.45) is 0 Å². The number of aromatic amines is 4. The Morgan fingerprint density at radius 1 is 0.256 bits per heavy atom. The Kier molecular flexibility index (Phi) is 13.4. The number of hydrogen-bond acceptors (Lipinski definition) is 4. The predicted molar refractivity (Wildman–Crippen MR) is 325 cm³/mol. The maximum Gasteiger partial charge on any atom is 0.420 e. The number of alkyl halides is 12. The first kappa shape index (κ1) is 56.6. The molecule has 442 valence electrons. The van der Waals surface area contributed by atoms with Gasteiger partial charge in [-0.1, -0.05) is 133 Å². The third-order valence-electron chi connectivity index (χ3n) is 15.4. The van der Waals surface area contributed by atoms with Crippen LogP contribution in [-0.2, 0) is 24.7 Å². The van der Waals surface area contributed by atoms with Crippen molar-refractivity contribution >= 4 is 92.7 Å². The summed E-state index contributed by atoms with van der Waals surface area (Å²) in [6, 6.07) is 39.9. The molecule has 10 heterocycles. The van der Waals surface area contributed by atoms with E-state index in [0.29, 0.717) is 11.1 Å². The Hall–Kier alpha value is -11.2. The molecule has 4 aliphatic heterocycles. The van der Waals surface area contributed by atoms with Crippen LogP contribution >= 0.6 is 0 Å². The van der Waals surface area contributed by atoms with E-state index in [1.54, 1.807) is 121 Å². The van der Waals surface area contributed by atoms with Crippen LogP contribution in [0.25, 0.3) is 137 Å². The highest BCUT2D eigenvalue weighted by Crippen LogP contribution is 2.45. The zero-order valence-corrected chi connectivity index (χ0v) is 46.0. The van der Waals surface area contributed by atoms with Gasteiger partial charge in [-0.05, 0) is 107 Å². The molecule has 4 aromatic carbocycles. The molecule has 4 aliphatic rings. The summed E-state index contributed by atoms with van der Waals surface area (Å²) in [5.41, 5.74) is -9.45. The van der Waals surface area contributed by atoms with Gasteiger partial charge >= 0.3 is 24.7 Å². The second kappa shape index (κ2) is 21.3. The minimum Gasteiger partial charge on any atom is -0.354 e. The zero-order chi connectivity index (χ0) is 62.4. The molecule has 0 fully saturated rings. The first-order chi connectivity index (χ1) is 43.1. The normalized spacial score (nSPS) is 13.1. The van der Waals surface area contributed by atoms with Gasteiger partial charge in [-0.25, -0.2) is 19.9 Å². The van der Waals surface area contributed by atoms with E-state index < -0.39 is 103 Å². The summed E-state index contributed by atoms with van der Waals surface area (Å²) in [4.78, 5) is 29.5. The molecule has 0 radical (unpaired) electrons. The molecule has 14 rings (SSSR count). The smallest absolute Gasteiger partial charge is 0.354 e. The van der Waals surface area contributed by atoms with E-state index in [1.807, 2.05) is 0 Å². The lowest BCUT2D eigenvalue weighted by atomic mass is 10.0. The van der Waals surface area contributed by atoms with Crippen molar-refractivity contribution < 1.29 is 52.7 Å². The molecule has 0 aliphatic carbocycles. The molecule has 0 saturated carbocycles. The van der Waals surface area contributed by atoms with Crippen LogP contribution in [0.15, 0.2) is 158 Å². The van der Waals surface area contributed by atoms with Gasteiger partial charge in [0.15, 0.2) is 0 Å². The number of benzene rings is 4. The van der Waals surface area contributed by atoms with Crippen molar-refractivity contribution in [2.75, 3.05) is 0 Å². The van der Waals surface area contributed by atoms with Gasteiger partial charge in [0.1, 0.15) is 22.3 Å². The summed E-state index contributed by atoms with van der Waals surface area (Å²) in [6.45, 7) is 0. The molecule has 4 N–H and O–H groups in total. The van der Waals surface area contributed by atoms with Gasteiger partial charge in [0.2, 0.25) is 0 Å². The highest BCUT2D eigenvalue weighted by atomic mass is 19.4. The van der Waals surface area contributed by atoms with E-state index in [9.17, 15) is 0 Å². The lowest BCUT2D eigenvalue weighted by molar-refractivity contribution is -0.137. The molecule has 0 saturated heterocycles. The van der Waals surface area contributed by atoms with Crippen LogP contribution in [0, 0.1) is 11.8 Å². The third kappa shape index (κ3) is 10.2. The van der Waals surface area contributed by atoms with Gasteiger partial charge in [0.25, 0.3) is 0 Å². The monoisotopic (exact) mass is 1220 g/mol. The van der Waals surface area contributed by atoms with Crippen LogP contribution < -0.4 is 0 Å². The Morgan fingerprint density at radius 2 is 0.500 bits per heavy atom. The van der Waals surface area contributed by atoms with E-state index in [2.05, 4.69) is 51.7 Å². The highest BCUT2D eigenvalue weighted by Gasteiger charge is 2.41. The van der Waals surface area contributed by atoms with E-state index in [1.165, 1.54) is 60.7 Å². The Bertz CT molecular complexity index is 4840. The maximum atomic E-state index is 16.4. The number of hydrogen-bond donors (Lipinski definition) is 4. The van der Waals surface area contributed by atoms with Gasteiger partial charge in [-0.2, -0.15) is 52.7 Å². The van der Waals surface area contributed by atoms with E-state index in [0.717, 1.165) is 24.3 Å². The minimum absolute atomic E-state index is 0.0189. The standard InChI is InChI=1S/C70H38F12N8/c71-67(72,73)61-49-29-23-43(83-49)57(37-13-5-1-6-14-37)45-27-33-53(87-45)63(69(77,78)79)65-41(35-55(89-65)59(39-17-9-3-10-18-39)47-25-31-51(61)85-47)21-22-42-36-56-60(40-19-11-4-12-20-40)48-26-32-52(86-48)62(68(74,75)76)50-30-24-44(84-50)58(38-15-7-2-8-16-38)46-28-34-54(88-46)64(66(42)90-56)70(80,81)82/h1-20,23-36,83-84,89-90H. The fourth-order valence-corrected chi connectivity index (χ4v) is 11.7. The van der Waals surface area contributed by atoms with E-state index in [4.69, 9.17) is 0 Å². The largest absolute Gasteiger partial charge is 0.420 e. The number of halogens is 12. The van der Waals surface area contributed by atoms with E-state index in [-0.39, 0.29) is 78.2 Å². The summed E-state index contributed by atoms with van der Waals surface area (Å²) in [6.07, 6.45) is -11.0. The molecule has 6 aromatic heterocycles. The molecule has 0 spiro atoms. The van der Waals surface area contributed by atoms with Crippen LogP contribution in [0.2, 0.25) is 0 Å². The molecule has 16 bridgehead atoms. The molecule has 8 nitrogen and oxygen atoms in total. The Labute approximate surface area is 501 Å². The second-order valence-corrected chi connectivity index (χ2v) is 21.1. The first-order valence-electron chi connectivity index (χ1n) is 27.6. The second-order valence-electron chi connectivity index (χ2n) is 21.1. The molecule has 0 atom stereocenters. The topological polar surface area (TPSA) is 115 Å². The van der Waals surface area contributed by atoms with Crippen LogP contribution in [-0.4, -0.2) is 39.9 Å². The van der Waals surface area contributed by atoms with Gasteiger partial charge in [-0.15, -0.1) is 0 Å². The van der Waals surface area contributed by atoms with Crippen molar-refractivity contribution in [1.82, 2.24) is 39.9 Å². The van der Waals surface area contributed by atoms with Crippen molar-refractivity contribution in [3.63, 3.8) is 0 Å². The molecule has 90 heavy (non-hydrogen) atoms. The summed E-state index contributed by atoms with van der Waals surface area (Å²) in [7, 11) is 0. The molecular formula is C70H38F12N8. The van der Waals surface area contributed by atoms with Crippen LogP contribution in [0.1, 0.15) is 78.9 Å². The minimum atomic E-state index is -5.28. The van der Waals surface area contributed by atoms with Gasteiger partial charge in [0.05, 0.1) is 78.7 Å². The zero-order valence-electron chi connectivity index (χ0n) is 46.0. The average molecular weight is 1220 g/mol. The van der Waals surface area contributed by atoms with Gasteiger partial charge in [0, 0.05) is 44.3 Å². The molecule has 0 amide bonds. The molecule has 0 unspecified atom stereocenters. The van der Waals surface area contributed by atoms with Crippen molar-refractivity contribution in [3.8, 4) is 56.3 Å². The van der Waals surface area contributed by atoms with Crippen molar-refractivity contribution in [1.29, 1.82) is 0 Å². The van der Waals surface area contributed by atoms with E-state index >= 15 is 52.7 Å². The number of rotatable bonds is 4. The number of nitrogens with zero attached hydrogens (tertiary/aromatic N) is 4. The molecular weight excluding hydrogens is 1180 g/mol. The third-order valence-corrected chi connectivity index (χ3v) is 15.4. The number of nitrogens with one attached hydrogen (secondary N) is 4. The summed E-state index contributed by atoms with van der Waals surface area (Å²) >= 11 is 0. The first-order valence-corrected chi connectivity index (χ1v) is 27.6. The fourth-order valence-electron chi connectivity index (χ4n) is 11.7. The van der Waals surface area contributed by atoms with Crippen LogP contribution in [0.3, 0.4) is 0 Å². The summed E-state index contributed by atoms with van der Waals surface area (Å²) < 4.78 is 191. The van der Waals surface area contributed by atoms with Crippen molar-refractivity contribution in [2.45, 2.75) is 24.7 Å². The maximum absolute atomic E-state index is 16.4. The lowest BCUT2D eigenvalue weighted by Gasteiger charge is -2.09. The summed E-state index contributed by atoms with van der Waals surface area (Å²) in [5.74, 6) is 5.54. The van der Waals surface area contributed by atoms with Crippen molar-refractivity contribution in [3.05, 3.63) is 237 Å². The number of H-pyrrole nitrogens is 4. The average Bonchev–Trinajstić information content (AvgIpc) is 1.62.